The van der Waals surface area contributed by atoms with Crippen LogP contribution in [0.4, 0.5) is 4.79 Å². The van der Waals surface area contributed by atoms with Crippen LogP contribution in [0, 0.1) is 33.0 Å². The first-order valence-electron chi connectivity index (χ1n) is 19.3. The van der Waals surface area contributed by atoms with Crippen molar-refractivity contribution < 1.29 is 28.7 Å². The van der Waals surface area contributed by atoms with Crippen LogP contribution in [0.15, 0.2) is 0 Å². The Morgan fingerprint density at radius 3 is 1.98 bits per heavy atom. The fraction of sp³-hybridized carbons (Fsp3) is 0.872. The van der Waals surface area contributed by atoms with E-state index in [0.717, 1.165) is 51.6 Å². The van der Waals surface area contributed by atoms with Crippen LogP contribution in [-0.2, 0) is 23.9 Å². The van der Waals surface area contributed by atoms with Gasteiger partial charge in [0.25, 0.3) is 5.91 Å². The molecule has 0 aromatic carbocycles. The van der Waals surface area contributed by atoms with Crippen molar-refractivity contribution in [3.8, 4) is 0 Å². The topological polar surface area (TPSA) is 163 Å². The van der Waals surface area contributed by atoms with Gasteiger partial charge < -0.3 is 31.3 Å². The van der Waals surface area contributed by atoms with Crippen LogP contribution in [0.2, 0.25) is 0 Å². The summed E-state index contributed by atoms with van der Waals surface area (Å²) in [4.78, 5) is 72.0. The van der Waals surface area contributed by atoms with Gasteiger partial charge in [0.2, 0.25) is 17.6 Å². The van der Waals surface area contributed by atoms with Crippen LogP contribution in [0.3, 0.4) is 0 Å². The Balaban J connectivity index is 1.38. The lowest BCUT2D eigenvalue weighted by molar-refractivity contribution is -0.143. The minimum Gasteiger partial charge on any atom is -0.373 e. The first-order valence-corrected chi connectivity index (χ1v) is 19.3. The number of ether oxygens (including phenoxy) is 1. The van der Waals surface area contributed by atoms with Crippen LogP contribution in [0.5, 0.6) is 0 Å². The summed E-state index contributed by atoms with van der Waals surface area (Å²) in [6, 6.07) is -3.43. The van der Waals surface area contributed by atoms with Crippen molar-refractivity contribution in [2.75, 3.05) is 32.8 Å². The maximum Gasteiger partial charge on any atom is 0.315 e. The summed E-state index contributed by atoms with van der Waals surface area (Å²) in [5, 5.41) is 9.14. The first-order chi connectivity index (χ1) is 23.4. The van der Waals surface area contributed by atoms with E-state index in [2.05, 4.69) is 69.3 Å². The second-order valence-electron chi connectivity index (χ2n) is 19.8. The summed E-state index contributed by atoms with van der Waals surface area (Å²) >= 11 is 0. The van der Waals surface area contributed by atoms with Crippen LogP contribution >= 0.6 is 0 Å². The number of rotatable bonds is 11. The van der Waals surface area contributed by atoms with E-state index in [1.165, 1.54) is 0 Å². The molecule has 2 heterocycles. The van der Waals surface area contributed by atoms with Gasteiger partial charge in [-0.25, -0.2) is 4.79 Å². The van der Waals surface area contributed by atoms with Crippen LogP contribution in [0.25, 0.3) is 0 Å². The van der Waals surface area contributed by atoms with Crippen LogP contribution in [-0.4, -0.2) is 102 Å². The van der Waals surface area contributed by atoms with Crippen molar-refractivity contribution in [2.24, 2.45) is 38.7 Å². The highest BCUT2D eigenvalue weighted by Crippen LogP contribution is 2.88. The molecule has 3 saturated carbocycles. The summed E-state index contributed by atoms with van der Waals surface area (Å²) < 4.78 is 5.91. The van der Waals surface area contributed by atoms with Crippen LogP contribution < -0.4 is 21.7 Å². The summed E-state index contributed by atoms with van der Waals surface area (Å²) in [5.74, 6) is -2.38. The number of primary amides is 1. The zero-order valence-corrected chi connectivity index (χ0v) is 33.0. The standard InChI is InChI=1S/C39H66N6O6/c1-34(2,3)27(21-44-17-18-51-36(7,8)22-44)42-33(50)43-29(35(4,5)6)32(49)45-23-39(37(9,10)38(39)15-12-16-38)20-26(45)31(48)41-25(28(46)30(40)47)19-24-13-11-14-24/h24-27,29H,11-23H2,1-10H3,(H2,40,47)(H,41,48)(H2,42,43,50)/t25?,26-,27+,29-,39?/m0/s1. The lowest BCUT2D eigenvalue weighted by atomic mass is 9.73. The van der Waals surface area contributed by atoms with E-state index in [4.69, 9.17) is 10.5 Å². The van der Waals surface area contributed by atoms with Gasteiger partial charge in [-0.3, -0.25) is 24.1 Å². The van der Waals surface area contributed by atoms with Crippen molar-refractivity contribution in [3.63, 3.8) is 0 Å². The molecule has 5 aliphatic rings. The highest BCUT2D eigenvalue weighted by molar-refractivity contribution is 6.37. The van der Waals surface area contributed by atoms with E-state index in [1.807, 2.05) is 20.8 Å². The number of nitrogens with two attached hydrogens (primary N) is 1. The second kappa shape index (κ2) is 13.6. The predicted octanol–water partition coefficient (Wildman–Crippen LogP) is 3.75. The number of morpholine rings is 1. The van der Waals surface area contributed by atoms with Gasteiger partial charge in [0.05, 0.1) is 18.2 Å². The monoisotopic (exact) mass is 715 g/mol. The first kappa shape index (κ1) is 39.5. The predicted molar refractivity (Wildman–Crippen MR) is 195 cm³/mol. The molecular formula is C39H66N6O6. The van der Waals surface area contributed by atoms with Crippen molar-refractivity contribution in [2.45, 2.75) is 150 Å². The zero-order chi connectivity index (χ0) is 37.9. The molecule has 51 heavy (non-hydrogen) atoms. The molecule has 3 aliphatic carbocycles. The van der Waals surface area contributed by atoms with Gasteiger partial charge >= 0.3 is 6.03 Å². The molecular weight excluding hydrogens is 648 g/mol. The van der Waals surface area contributed by atoms with Gasteiger partial charge in [-0.2, -0.15) is 0 Å². The molecule has 2 unspecified atom stereocenters. The number of hydrogen-bond acceptors (Lipinski definition) is 7. The molecule has 5 atom stereocenters. The SMILES string of the molecule is CC1(C)CN(C[C@@H](NC(=O)N[C@@H](C(=O)N2CC3(C[C@H]2C(=O)NC(CC2CCC2)C(=O)C(N)=O)C(C)(C)C32CCC2)C(C)(C)C)C(C)(C)C)CCO1. The van der Waals surface area contributed by atoms with E-state index in [9.17, 15) is 24.0 Å². The van der Waals surface area contributed by atoms with Crippen molar-refractivity contribution in [3.05, 3.63) is 0 Å². The zero-order valence-electron chi connectivity index (χ0n) is 33.0. The van der Waals surface area contributed by atoms with Gasteiger partial charge in [-0.15, -0.1) is 0 Å². The van der Waals surface area contributed by atoms with Gasteiger partial charge in [-0.05, 0) is 67.1 Å². The number of ketones is 1. The second-order valence-corrected chi connectivity index (χ2v) is 19.8. The lowest BCUT2D eigenvalue weighted by Crippen LogP contribution is -2.62. The Labute approximate surface area is 305 Å². The molecule has 0 aromatic heterocycles. The number of carbonyl (C=O) groups is 5. The molecule has 2 spiro atoms. The van der Waals surface area contributed by atoms with E-state index in [1.54, 1.807) is 4.90 Å². The molecule has 12 heteroatoms. The number of hydrogen-bond donors (Lipinski definition) is 4. The quantitative estimate of drug-likeness (QED) is 0.237. The maximum atomic E-state index is 14.9. The Kier molecular flexibility index (Phi) is 10.5. The van der Waals surface area contributed by atoms with E-state index in [0.29, 0.717) is 32.5 Å². The summed E-state index contributed by atoms with van der Waals surface area (Å²) in [7, 11) is 0. The molecule has 2 saturated heterocycles. The molecule has 5 amide bonds. The molecule has 5 fully saturated rings. The minimum atomic E-state index is -1.07. The largest absolute Gasteiger partial charge is 0.373 e. The summed E-state index contributed by atoms with van der Waals surface area (Å²) in [6.45, 7) is 23.9. The van der Waals surface area contributed by atoms with Crippen molar-refractivity contribution in [1.82, 2.24) is 25.8 Å². The third-order valence-corrected chi connectivity index (χ3v) is 13.8. The highest BCUT2D eigenvalue weighted by atomic mass is 16.5. The van der Waals surface area contributed by atoms with Gasteiger partial charge in [0, 0.05) is 37.6 Å². The Hall–Kier alpha value is -2.73. The normalized spacial score (nSPS) is 28.6. The third-order valence-electron chi connectivity index (χ3n) is 13.8. The average molecular weight is 715 g/mol. The Morgan fingerprint density at radius 1 is 0.863 bits per heavy atom. The number of carbonyl (C=O) groups excluding carboxylic acids is 5. The van der Waals surface area contributed by atoms with E-state index >= 15 is 0 Å². The fourth-order valence-electron chi connectivity index (χ4n) is 10.0. The summed E-state index contributed by atoms with van der Waals surface area (Å²) in [5.41, 5.74) is 3.93. The molecule has 2 aliphatic heterocycles. The van der Waals surface area contributed by atoms with Crippen molar-refractivity contribution >= 4 is 29.5 Å². The number of likely N-dealkylation sites (tertiary alicyclic amines) is 1. The smallest absolute Gasteiger partial charge is 0.315 e. The molecule has 0 bridgehead atoms. The highest BCUT2D eigenvalue weighted by Gasteiger charge is 2.85. The minimum absolute atomic E-state index is 0.0535. The number of nitrogens with one attached hydrogen (secondary N) is 3. The van der Waals surface area contributed by atoms with Gasteiger partial charge in [0.15, 0.2) is 0 Å². The Morgan fingerprint density at radius 2 is 1.51 bits per heavy atom. The molecule has 0 radical (unpaired) electrons. The van der Waals surface area contributed by atoms with Gasteiger partial charge in [-0.1, -0.05) is 81.1 Å². The number of Topliss-reactive ketones (excluding diaryl/α,β-unsaturated/α-hetero) is 1. The van der Waals surface area contributed by atoms with E-state index in [-0.39, 0.29) is 45.1 Å². The number of urea groups is 1. The molecule has 288 valence electrons. The third kappa shape index (κ3) is 7.42. The maximum absolute atomic E-state index is 14.9. The average Bonchev–Trinajstić information content (AvgIpc) is 3.18. The summed E-state index contributed by atoms with van der Waals surface area (Å²) in [6.07, 6.45) is 6.99. The molecule has 12 nitrogen and oxygen atoms in total. The van der Waals surface area contributed by atoms with Crippen LogP contribution in [0.1, 0.15) is 121 Å². The molecule has 5 rings (SSSR count). The number of amides is 5. The van der Waals surface area contributed by atoms with E-state index < -0.39 is 47.2 Å². The van der Waals surface area contributed by atoms with Gasteiger partial charge in [0.1, 0.15) is 12.1 Å². The lowest BCUT2D eigenvalue weighted by Gasteiger charge is -2.42. The number of nitrogens with zero attached hydrogens (tertiary/aromatic N) is 2. The molecule has 0 aromatic rings. The number of fused-ring (bicyclic) bond motifs is 1. The van der Waals surface area contributed by atoms with Crippen molar-refractivity contribution in [1.29, 1.82) is 0 Å². The fourth-order valence-corrected chi connectivity index (χ4v) is 10.0. The molecule has 5 N–H and O–H groups in total. The Bertz CT molecular complexity index is 1390.